The van der Waals surface area contributed by atoms with Crippen LogP contribution >= 0.6 is 11.6 Å². The maximum atomic E-state index is 6.01. The standard InChI is InChI=1S/C17H18ClN3/c18-13-8-6-12(7-9-13)16-5-2-10-21(16)17-14-3-1-4-15(14)19-11-20-17/h6-9,11,16H,1-5,10H2. The minimum Gasteiger partial charge on any atom is -0.349 e. The van der Waals surface area contributed by atoms with E-state index in [0.717, 1.165) is 30.2 Å². The number of benzene rings is 1. The lowest BCUT2D eigenvalue weighted by molar-refractivity contribution is 0.706. The van der Waals surface area contributed by atoms with Gasteiger partial charge in [-0.3, -0.25) is 0 Å². The molecule has 1 atom stereocenters. The highest BCUT2D eigenvalue weighted by Crippen LogP contribution is 2.39. The molecule has 1 aliphatic heterocycles. The summed E-state index contributed by atoms with van der Waals surface area (Å²) in [6.07, 6.45) is 7.56. The Morgan fingerprint density at radius 3 is 2.76 bits per heavy atom. The molecular weight excluding hydrogens is 282 g/mol. The van der Waals surface area contributed by atoms with Crippen molar-refractivity contribution in [3.05, 3.63) is 52.4 Å². The van der Waals surface area contributed by atoms with Crippen molar-refractivity contribution in [3.63, 3.8) is 0 Å². The van der Waals surface area contributed by atoms with E-state index in [1.54, 1.807) is 6.33 Å². The molecule has 4 rings (SSSR count). The van der Waals surface area contributed by atoms with Crippen LogP contribution in [0.5, 0.6) is 0 Å². The third-order valence-corrected chi connectivity index (χ3v) is 4.88. The molecule has 3 nitrogen and oxygen atoms in total. The third-order valence-electron chi connectivity index (χ3n) is 4.63. The first-order chi connectivity index (χ1) is 10.3. The largest absolute Gasteiger partial charge is 0.349 e. The van der Waals surface area contributed by atoms with Crippen molar-refractivity contribution < 1.29 is 0 Å². The van der Waals surface area contributed by atoms with Crippen LogP contribution in [0.2, 0.25) is 5.02 Å². The molecule has 21 heavy (non-hydrogen) atoms. The van der Waals surface area contributed by atoms with E-state index in [4.69, 9.17) is 11.6 Å². The Kier molecular flexibility index (Phi) is 3.30. The molecule has 0 bridgehead atoms. The molecule has 1 saturated heterocycles. The smallest absolute Gasteiger partial charge is 0.135 e. The maximum absolute atomic E-state index is 6.01. The molecule has 108 valence electrons. The van der Waals surface area contributed by atoms with Gasteiger partial charge in [-0.2, -0.15) is 0 Å². The summed E-state index contributed by atoms with van der Waals surface area (Å²) < 4.78 is 0. The SMILES string of the molecule is Clc1ccc(C2CCCN2c2ncnc3c2CCC3)cc1. The second-order valence-corrected chi connectivity index (χ2v) is 6.32. The second-order valence-electron chi connectivity index (χ2n) is 5.88. The minimum absolute atomic E-state index is 0.418. The predicted molar refractivity (Wildman–Crippen MR) is 84.8 cm³/mol. The van der Waals surface area contributed by atoms with E-state index in [9.17, 15) is 0 Å². The lowest BCUT2D eigenvalue weighted by atomic mass is 10.0. The summed E-state index contributed by atoms with van der Waals surface area (Å²) in [5.74, 6) is 1.16. The van der Waals surface area contributed by atoms with Crippen molar-refractivity contribution in [1.29, 1.82) is 0 Å². The summed E-state index contributed by atoms with van der Waals surface area (Å²) in [7, 11) is 0. The number of anilines is 1. The van der Waals surface area contributed by atoms with Gasteiger partial charge in [0, 0.05) is 22.8 Å². The summed E-state index contributed by atoms with van der Waals surface area (Å²) in [6.45, 7) is 1.08. The summed E-state index contributed by atoms with van der Waals surface area (Å²) in [4.78, 5) is 11.5. The fourth-order valence-corrected chi connectivity index (χ4v) is 3.77. The van der Waals surface area contributed by atoms with Gasteiger partial charge in [-0.05, 0) is 49.8 Å². The van der Waals surface area contributed by atoms with E-state index >= 15 is 0 Å². The number of halogens is 1. The monoisotopic (exact) mass is 299 g/mol. The van der Waals surface area contributed by atoms with Crippen molar-refractivity contribution in [2.75, 3.05) is 11.4 Å². The van der Waals surface area contributed by atoms with Crippen molar-refractivity contribution in [3.8, 4) is 0 Å². The number of fused-ring (bicyclic) bond motifs is 1. The van der Waals surface area contributed by atoms with Crippen LogP contribution in [0.3, 0.4) is 0 Å². The normalized spacial score (nSPS) is 20.8. The first kappa shape index (κ1) is 13.1. The summed E-state index contributed by atoms with van der Waals surface area (Å²) in [5.41, 5.74) is 3.96. The summed E-state index contributed by atoms with van der Waals surface area (Å²) in [6, 6.07) is 8.68. The van der Waals surface area contributed by atoms with E-state index in [0.29, 0.717) is 6.04 Å². The molecule has 2 aromatic rings. The van der Waals surface area contributed by atoms with Crippen LogP contribution in [-0.2, 0) is 12.8 Å². The molecule has 1 aliphatic carbocycles. The predicted octanol–water partition coefficient (Wildman–Crippen LogP) is 3.96. The van der Waals surface area contributed by atoms with Gasteiger partial charge < -0.3 is 4.90 Å². The van der Waals surface area contributed by atoms with Gasteiger partial charge in [-0.1, -0.05) is 23.7 Å². The third kappa shape index (κ3) is 2.30. The highest BCUT2D eigenvalue weighted by atomic mass is 35.5. The van der Waals surface area contributed by atoms with Gasteiger partial charge in [-0.25, -0.2) is 9.97 Å². The Morgan fingerprint density at radius 2 is 1.90 bits per heavy atom. The number of hydrogen-bond acceptors (Lipinski definition) is 3. The lowest BCUT2D eigenvalue weighted by Crippen LogP contribution is -2.25. The molecule has 1 fully saturated rings. The van der Waals surface area contributed by atoms with Gasteiger partial charge in [0.2, 0.25) is 0 Å². The lowest BCUT2D eigenvalue weighted by Gasteiger charge is -2.27. The molecule has 1 unspecified atom stereocenters. The topological polar surface area (TPSA) is 29.0 Å². The van der Waals surface area contributed by atoms with E-state index in [1.165, 1.54) is 36.1 Å². The quantitative estimate of drug-likeness (QED) is 0.840. The fourth-order valence-electron chi connectivity index (χ4n) is 3.64. The summed E-state index contributed by atoms with van der Waals surface area (Å²) >= 11 is 6.01. The van der Waals surface area contributed by atoms with Gasteiger partial charge in [0.25, 0.3) is 0 Å². The maximum Gasteiger partial charge on any atom is 0.135 e. The first-order valence-electron chi connectivity index (χ1n) is 7.68. The first-order valence-corrected chi connectivity index (χ1v) is 8.05. The summed E-state index contributed by atoms with van der Waals surface area (Å²) in [5, 5.41) is 0.797. The Balaban J connectivity index is 1.71. The number of hydrogen-bond donors (Lipinski definition) is 0. The van der Waals surface area contributed by atoms with Crippen LogP contribution in [-0.4, -0.2) is 16.5 Å². The Bertz CT molecular complexity index is 654. The average Bonchev–Trinajstić information content (AvgIpc) is 3.16. The van der Waals surface area contributed by atoms with Crippen LogP contribution in [0.25, 0.3) is 0 Å². The number of rotatable bonds is 2. The number of nitrogens with zero attached hydrogens (tertiary/aromatic N) is 3. The van der Waals surface area contributed by atoms with Gasteiger partial charge >= 0.3 is 0 Å². The van der Waals surface area contributed by atoms with Crippen LogP contribution in [0.15, 0.2) is 30.6 Å². The molecule has 0 radical (unpaired) electrons. The highest BCUT2D eigenvalue weighted by molar-refractivity contribution is 6.30. The zero-order valence-corrected chi connectivity index (χ0v) is 12.7. The molecule has 1 aromatic heterocycles. The zero-order chi connectivity index (χ0) is 14.2. The molecule has 0 saturated carbocycles. The number of aryl methyl sites for hydroxylation is 1. The number of aromatic nitrogens is 2. The average molecular weight is 300 g/mol. The van der Waals surface area contributed by atoms with E-state index in [1.807, 2.05) is 12.1 Å². The molecule has 4 heteroatoms. The van der Waals surface area contributed by atoms with E-state index in [2.05, 4.69) is 27.0 Å². The Morgan fingerprint density at radius 1 is 1.05 bits per heavy atom. The van der Waals surface area contributed by atoms with E-state index < -0.39 is 0 Å². The Hall–Kier alpha value is -1.61. The molecule has 0 N–H and O–H groups in total. The van der Waals surface area contributed by atoms with Crippen molar-refractivity contribution in [2.45, 2.75) is 38.1 Å². The zero-order valence-electron chi connectivity index (χ0n) is 11.9. The van der Waals surface area contributed by atoms with Crippen LogP contribution < -0.4 is 4.90 Å². The van der Waals surface area contributed by atoms with Gasteiger partial charge in [-0.15, -0.1) is 0 Å². The van der Waals surface area contributed by atoms with Crippen LogP contribution in [0.1, 0.15) is 42.1 Å². The van der Waals surface area contributed by atoms with Gasteiger partial charge in [0.05, 0.1) is 6.04 Å². The molecule has 2 aliphatic rings. The molecule has 1 aromatic carbocycles. The van der Waals surface area contributed by atoms with Gasteiger partial charge in [0.15, 0.2) is 0 Å². The molecule has 2 heterocycles. The molecular formula is C17H18ClN3. The van der Waals surface area contributed by atoms with Crippen LogP contribution in [0, 0.1) is 0 Å². The fraction of sp³-hybridized carbons (Fsp3) is 0.412. The van der Waals surface area contributed by atoms with Crippen LogP contribution in [0.4, 0.5) is 5.82 Å². The van der Waals surface area contributed by atoms with Crippen molar-refractivity contribution in [1.82, 2.24) is 9.97 Å². The van der Waals surface area contributed by atoms with E-state index in [-0.39, 0.29) is 0 Å². The van der Waals surface area contributed by atoms with Gasteiger partial charge in [0.1, 0.15) is 12.1 Å². The second kappa shape index (κ2) is 5.30. The molecule has 0 amide bonds. The highest BCUT2D eigenvalue weighted by Gasteiger charge is 2.30. The Labute approximate surface area is 130 Å². The van der Waals surface area contributed by atoms with Crippen molar-refractivity contribution >= 4 is 17.4 Å². The molecule has 0 spiro atoms. The minimum atomic E-state index is 0.418. The van der Waals surface area contributed by atoms with Crippen molar-refractivity contribution in [2.24, 2.45) is 0 Å².